The minimum absolute atomic E-state index is 0.0988. The first-order valence-electron chi connectivity index (χ1n) is 3.19. The van der Waals surface area contributed by atoms with Crippen LogP contribution in [0.5, 0.6) is 5.75 Å². The van der Waals surface area contributed by atoms with Crippen molar-refractivity contribution in [2.24, 2.45) is 0 Å². The molecule has 0 aromatic heterocycles. The summed E-state index contributed by atoms with van der Waals surface area (Å²) >= 11 is 11.3. The minimum Gasteiger partial charge on any atom is -0.506 e. The molecule has 0 heterocycles. The molecule has 11 heavy (non-hydrogen) atoms. The maximum atomic E-state index is 9.36. The molecule has 0 atom stereocenters. The van der Waals surface area contributed by atoms with Gasteiger partial charge in [0.05, 0.1) is 10.9 Å². The van der Waals surface area contributed by atoms with E-state index in [-0.39, 0.29) is 11.6 Å². The average Bonchev–Trinajstić information content (AvgIpc) is 2.01. The zero-order chi connectivity index (χ0) is 8.43. The molecule has 1 aromatic carbocycles. The van der Waals surface area contributed by atoms with Crippen LogP contribution in [0.25, 0.3) is 0 Å². The first-order chi connectivity index (χ1) is 5.16. The van der Waals surface area contributed by atoms with Gasteiger partial charge in [0.2, 0.25) is 0 Å². The summed E-state index contributed by atoms with van der Waals surface area (Å²) in [4.78, 5) is 0. The first kappa shape index (κ1) is 8.69. The smallest absolute Gasteiger partial charge is 0.138 e. The van der Waals surface area contributed by atoms with E-state index in [0.29, 0.717) is 10.6 Å². The summed E-state index contributed by atoms with van der Waals surface area (Å²) in [6.07, 6.45) is 0. The first-order valence-corrected chi connectivity index (χ1v) is 4.11. The van der Waals surface area contributed by atoms with E-state index in [9.17, 15) is 5.11 Å². The number of phenols is 1. The standard InChI is InChI=1S/C8H8Cl2O/c1-5-2-3-6(4-9)8(11)7(5)10/h2-3,11H,4H2,1H3. The highest BCUT2D eigenvalue weighted by molar-refractivity contribution is 6.33. The van der Waals surface area contributed by atoms with E-state index in [1.165, 1.54) is 0 Å². The number of halogens is 2. The molecule has 1 rings (SSSR count). The Balaban J connectivity index is 3.25. The predicted octanol–water partition coefficient (Wildman–Crippen LogP) is 3.09. The van der Waals surface area contributed by atoms with Crippen molar-refractivity contribution in [2.75, 3.05) is 0 Å². The third kappa shape index (κ3) is 1.60. The van der Waals surface area contributed by atoms with Gasteiger partial charge in [-0.1, -0.05) is 23.7 Å². The quantitative estimate of drug-likeness (QED) is 0.676. The van der Waals surface area contributed by atoms with Crippen LogP contribution in [0.2, 0.25) is 5.02 Å². The molecule has 0 aliphatic rings. The van der Waals surface area contributed by atoms with Crippen LogP contribution in [-0.2, 0) is 5.88 Å². The van der Waals surface area contributed by atoms with Crippen LogP contribution in [0.4, 0.5) is 0 Å². The number of hydrogen-bond donors (Lipinski definition) is 1. The summed E-state index contributed by atoms with van der Waals surface area (Å²) in [6, 6.07) is 3.60. The van der Waals surface area contributed by atoms with Crippen molar-refractivity contribution >= 4 is 23.2 Å². The molecule has 0 bridgehead atoms. The van der Waals surface area contributed by atoms with E-state index in [2.05, 4.69) is 0 Å². The Morgan fingerprint density at radius 3 is 2.64 bits per heavy atom. The lowest BCUT2D eigenvalue weighted by Crippen LogP contribution is -1.83. The van der Waals surface area contributed by atoms with Crippen LogP contribution in [0.3, 0.4) is 0 Å². The highest BCUT2D eigenvalue weighted by atomic mass is 35.5. The third-order valence-electron chi connectivity index (χ3n) is 1.54. The molecule has 0 aliphatic heterocycles. The van der Waals surface area contributed by atoms with Gasteiger partial charge in [-0.2, -0.15) is 0 Å². The maximum Gasteiger partial charge on any atom is 0.138 e. The van der Waals surface area contributed by atoms with Gasteiger partial charge in [-0.15, -0.1) is 11.6 Å². The lowest BCUT2D eigenvalue weighted by molar-refractivity contribution is 0.470. The molecule has 60 valence electrons. The van der Waals surface area contributed by atoms with Crippen molar-refractivity contribution in [3.8, 4) is 5.75 Å². The van der Waals surface area contributed by atoms with Gasteiger partial charge in [0, 0.05) is 5.56 Å². The topological polar surface area (TPSA) is 20.2 Å². The van der Waals surface area contributed by atoms with Gasteiger partial charge in [-0.3, -0.25) is 0 Å². The Kier molecular flexibility index (Phi) is 2.63. The van der Waals surface area contributed by atoms with Gasteiger partial charge in [-0.05, 0) is 12.5 Å². The lowest BCUT2D eigenvalue weighted by Gasteiger charge is -2.04. The summed E-state index contributed by atoms with van der Waals surface area (Å²) in [7, 11) is 0. The number of aryl methyl sites for hydroxylation is 1. The Hall–Kier alpha value is -0.400. The van der Waals surface area contributed by atoms with Crippen molar-refractivity contribution in [2.45, 2.75) is 12.8 Å². The van der Waals surface area contributed by atoms with E-state index >= 15 is 0 Å². The van der Waals surface area contributed by atoms with Crippen molar-refractivity contribution in [3.63, 3.8) is 0 Å². The fourth-order valence-electron chi connectivity index (χ4n) is 0.813. The molecule has 0 radical (unpaired) electrons. The van der Waals surface area contributed by atoms with Crippen molar-refractivity contribution in [1.29, 1.82) is 0 Å². The van der Waals surface area contributed by atoms with Gasteiger partial charge in [-0.25, -0.2) is 0 Å². The molecule has 0 saturated heterocycles. The molecule has 1 N–H and O–H groups in total. The van der Waals surface area contributed by atoms with E-state index in [4.69, 9.17) is 23.2 Å². The Morgan fingerprint density at radius 1 is 1.45 bits per heavy atom. The average molecular weight is 191 g/mol. The molecule has 1 aromatic rings. The summed E-state index contributed by atoms with van der Waals surface area (Å²) in [6.45, 7) is 1.83. The molecule has 0 unspecified atom stereocenters. The van der Waals surface area contributed by atoms with Crippen LogP contribution in [0.1, 0.15) is 11.1 Å². The lowest BCUT2D eigenvalue weighted by atomic mass is 10.1. The second kappa shape index (κ2) is 3.33. The van der Waals surface area contributed by atoms with Crippen LogP contribution < -0.4 is 0 Å². The van der Waals surface area contributed by atoms with Crippen LogP contribution in [0, 0.1) is 6.92 Å². The largest absolute Gasteiger partial charge is 0.506 e. The van der Waals surface area contributed by atoms with Gasteiger partial charge < -0.3 is 5.11 Å². The Labute approximate surface area is 75.6 Å². The third-order valence-corrected chi connectivity index (χ3v) is 2.30. The van der Waals surface area contributed by atoms with Crippen LogP contribution >= 0.6 is 23.2 Å². The number of benzene rings is 1. The maximum absolute atomic E-state index is 9.36. The van der Waals surface area contributed by atoms with E-state index in [1.807, 2.05) is 13.0 Å². The molecule has 3 heteroatoms. The second-order valence-corrected chi connectivity index (χ2v) is 2.98. The summed E-state index contributed by atoms with van der Waals surface area (Å²) < 4.78 is 0. The molecule has 0 aliphatic carbocycles. The van der Waals surface area contributed by atoms with Crippen molar-refractivity contribution < 1.29 is 5.11 Å². The molecule has 1 nitrogen and oxygen atoms in total. The summed E-state index contributed by atoms with van der Waals surface area (Å²) in [5, 5.41) is 9.75. The second-order valence-electron chi connectivity index (χ2n) is 2.34. The Bertz CT molecular complexity index is 271. The van der Waals surface area contributed by atoms with E-state index < -0.39 is 0 Å². The zero-order valence-electron chi connectivity index (χ0n) is 6.06. The van der Waals surface area contributed by atoms with Gasteiger partial charge >= 0.3 is 0 Å². The molecular weight excluding hydrogens is 183 g/mol. The van der Waals surface area contributed by atoms with E-state index in [1.54, 1.807) is 6.07 Å². The van der Waals surface area contributed by atoms with Crippen LogP contribution in [-0.4, -0.2) is 5.11 Å². The van der Waals surface area contributed by atoms with Crippen LogP contribution in [0.15, 0.2) is 12.1 Å². The normalized spacial score (nSPS) is 10.1. The highest BCUT2D eigenvalue weighted by Gasteiger charge is 2.06. The number of aromatic hydroxyl groups is 1. The molecule has 0 saturated carbocycles. The van der Waals surface area contributed by atoms with Crippen molar-refractivity contribution in [3.05, 3.63) is 28.3 Å². The van der Waals surface area contributed by atoms with E-state index in [0.717, 1.165) is 5.56 Å². The molecule has 0 amide bonds. The number of rotatable bonds is 1. The fourth-order valence-corrected chi connectivity index (χ4v) is 1.21. The summed E-state index contributed by atoms with van der Waals surface area (Å²) in [5.41, 5.74) is 1.53. The number of hydrogen-bond acceptors (Lipinski definition) is 1. The molecular formula is C8H8Cl2O. The highest BCUT2D eigenvalue weighted by Crippen LogP contribution is 2.31. The number of alkyl halides is 1. The molecule has 0 spiro atoms. The SMILES string of the molecule is Cc1ccc(CCl)c(O)c1Cl. The monoisotopic (exact) mass is 190 g/mol. The van der Waals surface area contributed by atoms with Gasteiger partial charge in [0.15, 0.2) is 0 Å². The zero-order valence-corrected chi connectivity index (χ0v) is 7.58. The molecule has 0 fully saturated rings. The van der Waals surface area contributed by atoms with Gasteiger partial charge in [0.25, 0.3) is 0 Å². The predicted molar refractivity (Wildman–Crippen MR) is 47.4 cm³/mol. The Morgan fingerprint density at radius 2 is 2.09 bits per heavy atom. The minimum atomic E-state index is 0.0988. The fraction of sp³-hybridized carbons (Fsp3) is 0.250. The van der Waals surface area contributed by atoms with Gasteiger partial charge in [0.1, 0.15) is 5.75 Å². The number of phenolic OH excluding ortho intramolecular Hbond substituents is 1. The van der Waals surface area contributed by atoms with Crippen molar-refractivity contribution in [1.82, 2.24) is 0 Å². The summed E-state index contributed by atoms with van der Waals surface area (Å²) in [5.74, 6) is 0.382.